The van der Waals surface area contributed by atoms with Crippen LogP contribution in [0.25, 0.3) is 35.6 Å². The minimum Gasteiger partial charge on any atom is -0.256 e. The molecule has 29 heavy (non-hydrogen) atoms. The summed E-state index contributed by atoms with van der Waals surface area (Å²) in [6, 6.07) is 28.9. The van der Waals surface area contributed by atoms with Gasteiger partial charge in [0.15, 0.2) is 0 Å². The second kappa shape index (κ2) is 8.94. The first-order chi connectivity index (χ1) is 14.3. The highest BCUT2D eigenvalue weighted by Crippen LogP contribution is 2.30. The zero-order valence-electron chi connectivity index (χ0n) is 15.9. The first-order valence-corrected chi connectivity index (χ1v) is 9.51. The molecule has 3 aromatic carbocycles. The highest BCUT2D eigenvalue weighted by molar-refractivity contribution is 5.87. The third kappa shape index (κ3) is 4.74. The lowest BCUT2D eigenvalue weighted by molar-refractivity contribution is 0.627. The van der Waals surface area contributed by atoms with Crippen LogP contribution in [0.2, 0.25) is 0 Å². The van der Waals surface area contributed by atoms with Gasteiger partial charge in [-0.05, 0) is 46.5 Å². The predicted octanol–water partition coefficient (Wildman–Crippen LogP) is 7.23. The zero-order valence-corrected chi connectivity index (χ0v) is 15.9. The number of nitrogens with zero attached hydrogens (tertiary/aromatic N) is 1. The van der Waals surface area contributed by atoms with Gasteiger partial charge in [-0.1, -0.05) is 91.0 Å². The van der Waals surface area contributed by atoms with E-state index >= 15 is 0 Å². The van der Waals surface area contributed by atoms with Gasteiger partial charge >= 0.3 is 0 Å². The Balaban J connectivity index is 1.83. The molecule has 0 radical (unpaired) electrons. The van der Waals surface area contributed by atoms with Crippen LogP contribution in [-0.4, -0.2) is 4.98 Å². The summed E-state index contributed by atoms with van der Waals surface area (Å²) in [5.74, 6) is -0.273. The van der Waals surface area contributed by atoms with Crippen LogP contribution in [0.5, 0.6) is 0 Å². The number of aromatic nitrogens is 1. The standard InChI is InChI=1S/C27H20FN/c28-25-19-23(16-14-21-9-3-1-4-10-21)27(26-13-7-8-18-29-26)24(20-25)17-15-22-11-5-2-6-12-22/h1-20H/b16-14+,17-15+. The molecule has 1 heterocycles. The zero-order chi connectivity index (χ0) is 19.9. The highest BCUT2D eigenvalue weighted by Gasteiger charge is 2.11. The second-order valence-electron chi connectivity index (χ2n) is 6.66. The van der Waals surface area contributed by atoms with Gasteiger partial charge in [0.25, 0.3) is 0 Å². The lowest BCUT2D eigenvalue weighted by atomic mass is 9.95. The molecular formula is C27H20FN. The molecule has 1 nitrogen and oxygen atoms in total. The Kier molecular flexibility index (Phi) is 5.73. The van der Waals surface area contributed by atoms with Crippen molar-refractivity contribution in [3.05, 3.63) is 125 Å². The predicted molar refractivity (Wildman–Crippen MR) is 120 cm³/mol. The molecule has 0 amide bonds. The van der Waals surface area contributed by atoms with E-state index in [9.17, 15) is 4.39 Å². The molecule has 0 bridgehead atoms. The SMILES string of the molecule is Fc1cc(/C=C/c2ccccc2)c(-c2ccccn2)c(/C=C/c2ccccc2)c1. The number of pyridine rings is 1. The molecule has 0 aliphatic rings. The van der Waals surface area contributed by atoms with Crippen molar-refractivity contribution in [1.82, 2.24) is 4.98 Å². The van der Waals surface area contributed by atoms with Gasteiger partial charge < -0.3 is 0 Å². The van der Waals surface area contributed by atoms with Crippen molar-refractivity contribution in [3.8, 4) is 11.3 Å². The average Bonchev–Trinajstić information content (AvgIpc) is 2.78. The fourth-order valence-electron chi connectivity index (χ4n) is 3.22. The molecule has 4 rings (SSSR count). The Labute approximate surface area is 170 Å². The van der Waals surface area contributed by atoms with Crippen LogP contribution in [0.15, 0.2) is 97.2 Å². The fraction of sp³-hybridized carbons (Fsp3) is 0. The van der Waals surface area contributed by atoms with Crippen LogP contribution in [0, 0.1) is 5.82 Å². The topological polar surface area (TPSA) is 12.9 Å². The summed E-state index contributed by atoms with van der Waals surface area (Å²) in [5, 5.41) is 0. The Morgan fingerprint density at radius 2 is 1.10 bits per heavy atom. The van der Waals surface area contributed by atoms with Crippen molar-refractivity contribution in [3.63, 3.8) is 0 Å². The van der Waals surface area contributed by atoms with Crippen LogP contribution in [0.4, 0.5) is 4.39 Å². The molecule has 2 heteroatoms. The lowest BCUT2D eigenvalue weighted by Crippen LogP contribution is -1.93. The van der Waals surface area contributed by atoms with E-state index in [0.29, 0.717) is 0 Å². The summed E-state index contributed by atoms with van der Waals surface area (Å²) in [4.78, 5) is 4.52. The fourth-order valence-corrected chi connectivity index (χ4v) is 3.22. The van der Waals surface area contributed by atoms with Crippen LogP contribution < -0.4 is 0 Å². The monoisotopic (exact) mass is 377 g/mol. The van der Waals surface area contributed by atoms with E-state index in [4.69, 9.17) is 0 Å². The Morgan fingerprint density at radius 3 is 1.59 bits per heavy atom. The largest absolute Gasteiger partial charge is 0.256 e. The normalized spacial score (nSPS) is 11.3. The van der Waals surface area contributed by atoms with Gasteiger partial charge in [-0.25, -0.2) is 4.39 Å². The van der Waals surface area contributed by atoms with E-state index in [1.165, 1.54) is 0 Å². The maximum Gasteiger partial charge on any atom is 0.124 e. The van der Waals surface area contributed by atoms with Crippen LogP contribution in [0.1, 0.15) is 22.3 Å². The maximum atomic E-state index is 14.5. The summed E-state index contributed by atoms with van der Waals surface area (Å²) in [6.07, 6.45) is 9.64. The molecule has 0 saturated carbocycles. The molecule has 0 aliphatic carbocycles. The maximum absolute atomic E-state index is 14.5. The van der Waals surface area contributed by atoms with Crippen molar-refractivity contribution in [2.75, 3.05) is 0 Å². The van der Waals surface area contributed by atoms with E-state index in [0.717, 1.165) is 33.5 Å². The molecule has 0 atom stereocenters. The van der Waals surface area contributed by atoms with E-state index in [-0.39, 0.29) is 5.82 Å². The first-order valence-electron chi connectivity index (χ1n) is 9.51. The van der Waals surface area contributed by atoms with E-state index in [2.05, 4.69) is 4.98 Å². The van der Waals surface area contributed by atoms with Crippen LogP contribution in [0.3, 0.4) is 0 Å². The summed E-state index contributed by atoms with van der Waals surface area (Å²) >= 11 is 0. The van der Waals surface area contributed by atoms with E-state index < -0.39 is 0 Å². The summed E-state index contributed by atoms with van der Waals surface area (Å²) < 4.78 is 14.5. The lowest BCUT2D eigenvalue weighted by Gasteiger charge is -2.11. The minimum absolute atomic E-state index is 0.273. The van der Waals surface area contributed by atoms with E-state index in [1.54, 1.807) is 18.3 Å². The van der Waals surface area contributed by atoms with Crippen molar-refractivity contribution in [2.45, 2.75) is 0 Å². The van der Waals surface area contributed by atoms with Gasteiger partial charge in [-0.2, -0.15) is 0 Å². The van der Waals surface area contributed by atoms with Crippen molar-refractivity contribution < 1.29 is 4.39 Å². The molecule has 140 valence electrons. The van der Waals surface area contributed by atoms with E-state index in [1.807, 2.05) is 103 Å². The van der Waals surface area contributed by atoms with Crippen molar-refractivity contribution in [1.29, 1.82) is 0 Å². The van der Waals surface area contributed by atoms with Gasteiger partial charge in [0, 0.05) is 11.8 Å². The molecule has 0 aliphatic heterocycles. The molecule has 4 aromatic rings. The first kappa shape index (κ1) is 18.6. The highest BCUT2D eigenvalue weighted by atomic mass is 19.1. The van der Waals surface area contributed by atoms with Crippen molar-refractivity contribution in [2.24, 2.45) is 0 Å². The Morgan fingerprint density at radius 1 is 0.586 bits per heavy atom. The molecule has 0 fully saturated rings. The number of benzene rings is 3. The third-order valence-corrected chi connectivity index (χ3v) is 4.59. The van der Waals surface area contributed by atoms with Crippen LogP contribution in [-0.2, 0) is 0 Å². The van der Waals surface area contributed by atoms with Crippen LogP contribution >= 0.6 is 0 Å². The third-order valence-electron chi connectivity index (χ3n) is 4.59. The Bertz CT molecular complexity index is 1060. The van der Waals surface area contributed by atoms with Gasteiger partial charge in [-0.3, -0.25) is 4.98 Å². The van der Waals surface area contributed by atoms with Gasteiger partial charge in [0.05, 0.1) is 5.69 Å². The number of rotatable bonds is 5. The second-order valence-corrected chi connectivity index (χ2v) is 6.66. The summed E-state index contributed by atoms with van der Waals surface area (Å²) in [7, 11) is 0. The summed E-state index contributed by atoms with van der Waals surface area (Å²) in [5.41, 5.74) is 5.43. The smallest absolute Gasteiger partial charge is 0.124 e. The van der Waals surface area contributed by atoms with Gasteiger partial charge in [-0.15, -0.1) is 0 Å². The quantitative estimate of drug-likeness (QED) is 0.334. The number of hydrogen-bond donors (Lipinski definition) is 0. The molecular weight excluding hydrogens is 357 g/mol. The molecule has 0 saturated heterocycles. The molecule has 1 aromatic heterocycles. The number of halogens is 1. The average molecular weight is 377 g/mol. The minimum atomic E-state index is -0.273. The summed E-state index contributed by atoms with van der Waals surface area (Å²) in [6.45, 7) is 0. The molecule has 0 N–H and O–H groups in total. The van der Waals surface area contributed by atoms with Gasteiger partial charge in [0.1, 0.15) is 5.82 Å². The Hall–Kier alpha value is -3.78. The van der Waals surface area contributed by atoms with Gasteiger partial charge in [0.2, 0.25) is 0 Å². The number of hydrogen-bond acceptors (Lipinski definition) is 1. The molecule has 0 unspecified atom stereocenters. The molecule has 0 spiro atoms. The van der Waals surface area contributed by atoms with Crippen molar-refractivity contribution >= 4 is 24.3 Å².